The standard InChI is InChI=1S/C13H11F6NO4/c1-4-5-6(10(21)23-2)8(12(14,15)16)20-9(13(17,18)19)7(5)11(22)24-3/h4H2,1-3H3. The number of alkyl halides is 6. The van der Waals surface area contributed by atoms with Crippen molar-refractivity contribution in [3.63, 3.8) is 0 Å². The van der Waals surface area contributed by atoms with Crippen molar-refractivity contribution in [3.8, 4) is 0 Å². The third kappa shape index (κ3) is 3.60. The smallest absolute Gasteiger partial charge is 0.434 e. The summed E-state index contributed by atoms with van der Waals surface area (Å²) in [4.78, 5) is 25.9. The van der Waals surface area contributed by atoms with Crippen LogP contribution in [0.15, 0.2) is 0 Å². The molecule has 1 aromatic rings. The lowest BCUT2D eigenvalue weighted by Gasteiger charge is -2.20. The summed E-state index contributed by atoms with van der Waals surface area (Å²) in [5, 5.41) is 0. The zero-order valence-electron chi connectivity index (χ0n) is 12.6. The molecular formula is C13H11F6NO4. The summed E-state index contributed by atoms with van der Waals surface area (Å²) >= 11 is 0. The van der Waals surface area contributed by atoms with Crippen molar-refractivity contribution in [2.75, 3.05) is 14.2 Å². The zero-order chi connectivity index (χ0) is 18.9. The molecule has 0 radical (unpaired) electrons. The third-order valence-corrected chi connectivity index (χ3v) is 2.97. The highest BCUT2D eigenvalue weighted by Crippen LogP contribution is 2.39. The van der Waals surface area contributed by atoms with E-state index in [9.17, 15) is 35.9 Å². The normalized spacial score (nSPS) is 12.0. The second kappa shape index (κ2) is 6.65. The molecule has 0 saturated heterocycles. The fourth-order valence-corrected chi connectivity index (χ4v) is 2.04. The van der Waals surface area contributed by atoms with Crippen molar-refractivity contribution in [3.05, 3.63) is 28.1 Å². The van der Waals surface area contributed by atoms with Crippen molar-refractivity contribution in [2.45, 2.75) is 25.7 Å². The molecule has 5 nitrogen and oxygen atoms in total. The molecule has 0 fully saturated rings. The van der Waals surface area contributed by atoms with Crippen molar-refractivity contribution >= 4 is 11.9 Å². The Bertz CT molecular complexity index is 614. The molecule has 0 saturated carbocycles. The maximum absolute atomic E-state index is 13.1. The maximum atomic E-state index is 13.1. The van der Waals surface area contributed by atoms with Crippen molar-refractivity contribution in [1.82, 2.24) is 4.98 Å². The molecule has 24 heavy (non-hydrogen) atoms. The second-order valence-electron chi connectivity index (χ2n) is 4.37. The number of rotatable bonds is 3. The molecule has 0 aliphatic carbocycles. The van der Waals surface area contributed by atoms with Crippen molar-refractivity contribution < 1.29 is 45.4 Å². The summed E-state index contributed by atoms with van der Waals surface area (Å²) in [6, 6.07) is 0. The number of hydrogen-bond donors (Lipinski definition) is 0. The molecule has 134 valence electrons. The van der Waals surface area contributed by atoms with Gasteiger partial charge >= 0.3 is 24.3 Å². The molecule has 0 aliphatic heterocycles. The van der Waals surface area contributed by atoms with Crippen LogP contribution in [0.2, 0.25) is 0 Å². The van der Waals surface area contributed by atoms with Crippen LogP contribution in [0.1, 0.15) is 44.6 Å². The van der Waals surface area contributed by atoms with Crippen LogP contribution in [0.25, 0.3) is 0 Å². The Morgan fingerprint density at radius 3 is 1.42 bits per heavy atom. The van der Waals surface area contributed by atoms with E-state index in [0.29, 0.717) is 0 Å². The lowest BCUT2D eigenvalue weighted by molar-refractivity contribution is -0.150. The third-order valence-electron chi connectivity index (χ3n) is 2.97. The van der Waals surface area contributed by atoms with Gasteiger partial charge in [-0.1, -0.05) is 6.92 Å². The van der Waals surface area contributed by atoms with Gasteiger partial charge in [-0.2, -0.15) is 26.3 Å². The summed E-state index contributed by atoms with van der Waals surface area (Å²) < 4.78 is 86.9. The lowest BCUT2D eigenvalue weighted by atomic mass is 9.95. The molecule has 0 amide bonds. The van der Waals surface area contributed by atoms with E-state index in [1.165, 1.54) is 6.92 Å². The number of halogens is 6. The zero-order valence-corrected chi connectivity index (χ0v) is 12.6. The Labute approximate surface area is 131 Å². The number of nitrogens with zero attached hydrogens (tertiary/aromatic N) is 1. The Kier molecular flexibility index (Phi) is 5.47. The SMILES string of the molecule is CCc1c(C(=O)OC)c(C(F)(F)F)nc(C(F)(F)F)c1C(=O)OC. The van der Waals surface area contributed by atoms with Crippen molar-refractivity contribution in [2.24, 2.45) is 0 Å². The number of esters is 2. The number of methoxy groups -OCH3 is 2. The quantitative estimate of drug-likeness (QED) is 0.612. The molecule has 0 N–H and O–H groups in total. The van der Waals surface area contributed by atoms with Crippen LogP contribution in [0, 0.1) is 0 Å². The Hall–Kier alpha value is -2.33. The van der Waals surface area contributed by atoms with E-state index in [-0.39, 0.29) is 0 Å². The van der Waals surface area contributed by atoms with Crippen LogP contribution in [-0.4, -0.2) is 31.1 Å². The summed E-state index contributed by atoms with van der Waals surface area (Å²) in [7, 11) is 1.49. The Balaban J connectivity index is 4.09. The average molecular weight is 359 g/mol. The highest BCUT2D eigenvalue weighted by atomic mass is 19.4. The van der Waals surface area contributed by atoms with Crippen LogP contribution in [0.4, 0.5) is 26.3 Å². The first kappa shape index (κ1) is 19.7. The number of carbonyl (C=O) groups is 2. The Morgan fingerprint density at radius 2 is 1.21 bits per heavy atom. The molecule has 1 heterocycles. The summed E-state index contributed by atoms with van der Waals surface area (Å²) in [6.07, 6.45) is -11.2. The van der Waals surface area contributed by atoms with Gasteiger partial charge in [0.25, 0.3) is 0 Å². The summed E-state index contributed by atoms with van der Waals surface area (Å²) in [6.45, 7) is 1.18. The molecule has 0 bridgehead atoms. The van der Waals surface area contributed by atoms with E-state index in [0.717, 1.165) is 14.2 Å². The molecule has 0 aromatic carbocycles. The number of hydrogen-bond acceptors (Lipinski definition) is 5. The van der Waals surface area contributed by atoms with Crippen LogP contribution in [0.5, 0.6) is 0 Å². The van der Waals surface area contributed by atoms with Crippen LogP contribution >= 0.6 is 0 Å². The van der Waals surface area contributed by atoms with E-state index < -0.39 is 58.8 Å². The van der Waals surface area contributed by atoms with Gasteiger partial charge in [0.2, 0.25) is 0 Å². The summed E-state index contributed by atoms with van der Waals surface area (Å²) in [5.41, 5.74) is -7.46. The van der Waals surface area contributed by atoms with Gasteiger partial charge in [0.1, 0.15) is 0 Å². The summed E-state index contributed by atoms with van der Waals surface area (Å²) in [5.74, 6) is -3.13. The Morgan fingerprint density at radius 1 is 0.875 bits per heavy atom. The number of aromatic nitrogens is 1. The van der Waals surface area contributed by atoms with Crippen LogP contribution < -0.4 is 0 Å². The van der Waals surface area contributed by atoms with Gasteiger partial charge in [-0.3, -0.25) is 0 Å². The second-order valence-corrected chi connectivity index (χ2v) is 4.37. The van der Waals surface area contributed by atoms with E-state index >= 15 is 0 Å². The largest absolute Gasteiger partial charge is 0.465 e. The molecular weight excluding hydrogens is 348 g/mol. The maximum Gasteiger partial charge on any atom is 0.434 e. The van der Waals surface area contributed by atoms with Gasteiger partial charge in [0.05, 0.1) is 25.3 Å². The van der Waals surface area contributed by atoms with Crippen LogP contribution in [0.3, 0.4) is 0 Å². The van der Waals surface area contributed by atoms with E-state index in [2.05, 4.69) is 14.5 Å². The van der Waals surface area contributed by atoms with Gasteiger partial charge in [-0.25, -0.2) is 14.6 Å². The van der Waals surface area contributed by atoms with Crippen LogP contribution in [-0.2, 0) is 28.2 Å². The number of carbonyl (C=O) groups excluding carboxylic acids is 2. The van der Waals surface area contributed by atoms with Gasteiger partial charge < -0.3 is 9.47 Å². The highest BCUT2D eigenvalue weighted by molar-refractivity contribution is 5.99. The molecule has 0 spiro atoms. The minimum absolute atomic E-state index is 0.496. The fourth-order valence-electron chi connectivity index (χ4n) is 2.04. The van der Waals surface area contributed by atoms with E-state index in [1.54, 1.807) is 0 Å². The molecule has 1 rings (SSSR count). The van der Waals surface area contributed by atoms with Gasteiger partial charge in [-0.15, -0.1) is 0 Å². The predicted molar refractivity (Wildman–Crippen MR) is 66.3 cm³/mol. The number of ether oxygens (including phenoxy) is 2. The van der Waals surface area contributed by atoms with E-state index in [4.69, 9.17) is 0 Å². The minimum Gasteiger partial charge on any atom is -0.465 e. The monoisotopic (exact) mass is 359 g/mol. The molecule has 11 heteroatoms. The molecule has 0 unspecified atom stereocenters. The predicted octanol–water partition coefficient (Wildman–Crippen LogP) is 3.25. The lowest BCUT2D eigenvalue weighted by Crippen LogP contribution is -2.27. The molecule has 1 aromatic heterocycles. The average Bonchev–Trinajstić information content (AvgIpc) is 2.49. The topological polar surface area (TPSA) is 65.5 Å². The van der Waals surface area contributed by atoms with E-state index in [1.807, 2.05) is 0 Å². The van der Waals surface area contributed by atoms with Gasteiger partial charge in [0, 0.05) is 0 Å². The first-order valence-electron chi connectivity index (χ1n) is 6.27. The number of pyridine rings is 1. The minimum atomic E-state index is -5.37. The van der Waals surface area contributed by atoms with Gasteiger partial charge in [-0.05, 0) is 12.0 Å². The first-order chi connectivity index (χ1) is 10.9. The van der Waals surface area contributed by atoms with Crippen molar-refractivity contribution in [1.29, 1.82) is 0 Å². The van der Waals surface area contributed by atoms with Gasteiger partial charge in [0.15, 0.2) is 11.4 Å². The first-order valence-corrected chi connectivity index (χ1v) is 6.27. The molecule has 0 atom stereocenters. The fraction of sp³-hybridized carbons (Fsp3) is 0.462. The molecule has 0 aliphatic rings. The highest BCUT2D eigenvalue weighted by Gasteiger charge is 2.46.